The van der Waals surface area contributed by atoms with E-state index in [4.69, 9.17) is 0 Å². The molecule has 0 radical (unpaired) electrons. The van der Waals surface area contributed by atoms with Gasteiger partial charge in [0.2, 0.25) is 0 Å². The van der Waals surface area contributed by atoms with Crippen LogP contribution in [0.25, 0.3) is 0 Å². The van der Waals surface area contributed by atoms with E-state index in [0.717, 1.165) is 23.1 Å². The van der Waals surface area contributed by atoms with Crippen LogP contribution in [0.15, 0.2) is 18.3 Å². The van der Waals surface area contributed by atoms with Crippen LogP contribution in [0.4, 0.5) is 21.1 Å². The van der Waals surface area contributed by atoms with E-state index in [1.165, 1.54) is 18.3 Å². The number of urea groups is 2. The third-order valence-corrected chi connectivity index (χ3v) is 5.11. The largest absolute Gasteiger partial charge is 0.327 e. The van der Waals surface area contributed by atoms with Crippen LogP contribution in [0.5, 0.6) is 0 Å². The van der Waals surface area contributed by atoms with Gasteiger partial charge in [0, 0.05) is 6.20 Å². The second kappa shape index (κ2) is 9.10. The molecule has 4 N–H and O–H groups in total. The molecule has 0 fully saturated rings. The number of hydrogen-bond donors (Lipinski definition) is 4. The number of nitrogens with one attached hydrogen (secondary N) is 4. The van der Waals surface area contributed by atoms with Crippen molar-refractivity contribution in [3.8, 4) is 0 Å². The highest BCUT2D eigenvalue weighted by Gasteiger charge is 2.19. The molecule has 3 rings (SSSR count). The minimum absolute atomic E-state index is 0.0415. The molecule has 3 heterocycles. The first kappa shape index (κ1) is 20.9. The molecule has 154 valence electrons. The zero-order valence-corrected chi connectivity index (χ0v) is 17.1. The van der Waals surface area contributed by atoms with Crippen molar-refractivity contribution in [3.63, 3.8) is 0 Å². The van der Waals surface area contributed by atoms with Gasteiger partial charge in [0.15, 0.2) is 5.82 Å². The lowest BCUT2D eigenvalue weighted by Gasteiger charge is -2.11. The molecule has 0 aliphatic carbocycles. The maximum Gasteiger partial charge on any atom is 0.327 e. The predicted octanol–water partition coefficient (Wildman–Crippen LogP) is 1.33. The Morgan fingerprint density at radius 1 is 0.833 bits per heavy atom. The Morgan fingerprint density at radius 3 is 1.87 bits per heavy atom. The van der Waals surface area contributed by atoms with Gasteiger partial charge in [-0.2, -0.15) is 0 Å². The van der Waals surface area contributed by atoms with Gasteiger partial charge < -0.3 is 5.32 Å². The first-order valence-corrected chi connectivity index (χ1v) is 9.67. The first-order valence-electron chi connectivity index (χ1n) is 8.12. The summed E-state index contributed by atoms with van der Waals surface area (Å²) >= 11 is 1.70. The summed E-state index contributed by atoms with van der Waals surface area (Å²) in [5.41, 5.74) is 0.875. The topological polar surface area (TPSA) is 181 Å². The zero-order chi connectivity index (χ0) is 21.7. The van der Waals surface area contributed by atoms with Gasteiger partial charge in [0.05, 0.1) is 17.1 Å². The molecule has 0 spiro atoms. The number of nitrogens with zero attached hydrogens (tertiary/aromatic N) is 5. The molecule has 13 nitrogen and oxygen atoms in total. The summed E-state index contributed by atoms with van der Waals surface area (Å²) in [6.45, 7) is 3.17. The number of hydrogen-bond acceptors (Lipinski definition) is 11. The van der Waals surface area contributed by atoms with E-state index < -0.39 is 23.9 Å². The Hall–Kier alpha value is -3.85. The Kier molecular flexibility index (Phi) is 6.33. The number of carbonyl (C=O) groups is 4. The van der Waals surface area contributed by atoms with Crippen molar-refractivity contribution in [1.29, 1.82) is 0 Å². The number of amides is 6. The fourth-order valence-electron chi connectivity index (χ4n) is 2.10. The summed E-state index contributed by atoms with van der Waals surface area (Å²) in [4.78, 5) is 52.7. The van der Waals surface area contributed by atoms with E-state index in [2.05, 4.69) is 45.4 Å². The van der Waals surface area contributed by atoms with Crippen LogP contribution in [-0.2, 0) is 0 Å². The van der Waals surface area contributed by atoms with E-state index in [1.807, 2.05) is 0 Å². The molecule has 0 unspecified atom stereocenters. The van der Waals surface area contributed by atoms with Crippen molar-refractivity contribution in [2.75, 3.05) is 10.6 Å². The van der Waals surface area contributed by atoms with Crippen LogP contribution < -0.4 is 21.3 Å². The summed E-state index contributed by atoms with van der Waals surface area (Å²) in [5, 5.41) is 16.4. The van der Waals surface area contributed by atoms with Crippen LogP contribution in [0, 0.1) is 13.8 Å². The van der Waals surface area contributed by atoms with Gasteiger partial charge >= 0.3 is 12.1 Å². The molecule has 0 aliphatic heterocycles. The van der Waals surface area contributed by atoms with E-state index in [0.29, 0.717) is 11.4 Å². The molecular weight excluding hydrogens is 434 g/mol. The van der Waals surface area contributed by atoms with Crippen molar-refractivity contribution in [1.82, 2.24) is 34.8 Å². The van der Waals surface area contributed by atoms with Crippen LogP contribution >= 0.6 is 23.1 Å². The fourth-order valence-corrected chi connectivity index (χ4v) is 3.20. The summed E-state index contributed by atoms with van der Waals surface area (Å²) in [6, 6.07) is 1.23. The number of aromatic nitrogens is 5. The molecule has 6 amide bonds. The molecule has 0 aliphatic rings. The molecule has 0 saturated heterocycles. The minimum Gasteiger partial charge on any atom is -0.304 e. The monoisotopic (exact) mass is 447 g/mol. The minimum atomic E-state index is -0.877. The molecule has 3 aromatic rings. The molecule has 0 aromatic carbocycles. The Balaban J connectivity index is 1.62. The number of imide groups is 2. The first-order chi connectivity index (χ1) is 14.3. The van der Waals surface area contributed by atoms with E-state index in [1.54, 1.807) is 13.8 Å². The van der Waals surface area contributed by atoms with Crippen LogP contribution in [0.2, 0.25) is 0 Å². The van der Waals surface area contributed by atoms with Crippen LogP contribution in [0.1, 0.15) is 30.7 Å². The van der Waals surface area contributed by atoms with E-state index in [-0.39, 0.29) is 21.3 Å². The Bertz CT molecular complexity index is 1040. The number of pyridine rings is 1. The summed E-state index contributed by atoms with van der Waals surface area (Å²) in [5.74, 6) is -1.39. The lowest BCUT2D eigenvalue weighted by Crippen LogP contribution is -2.36. The highest BCUT2D eigenvalue weighted by atomic mass is 32.1. The standard InChI is InChI=1S/C15H13N9O4S2/c1-6-9(29-23-21-6)12(25)19-14(27)17-8-4-3-5-16-11(8)18-15(28)20-13(26)10-7(2)22-24-30-10/h3-5H,1-2H3,(H2,17,19,25,27)(H2,16,18,20,26,28). The Morgan fingerprint density at radius 2 is 1.37 bits per heavy atom. The van der Waals surface area contributed by atoms with E-state index in [9.17, 15) is 19.2 Å². The Labute approximate surface area is 176 Å². The lowest BCUT2D eigenvalue weighted by atomic mass is 10.3. The van der Waals surface area contributed by atoms with E-state index >= 15 is 0 Å². The van der Waals surface area contributed by atoms with Crippen molar-refractivity contribution in [3.05, 3.63) is 39.5 Å². The van der Waals surface area contributed by atoms with Gasteiger partial charge in [-0.05, 0) is 49.0 Å². The average Bonchev–Trinajstić information content (AvgIpc) is 3.31. The van der Waals surface area contributed by atoms with Crippen LogP contribution in [0.3, 0.4) is 0 Å². The summed E-state index contributed by atoms with van der Waals surface area (Å²) < 4.78 is 7.25. The maximum atomic E-state index is 12.1. The van der Waals surface area contributed by atoms with Gasteiger partial charge in [-0.15, -0.1) is 10.2 Å². The van der Waals surface area contributed by atoms with Crippen LogP contribution in [-0.4, -0.2) is 48.0 Å². The number of carbonyl (C=O) groups excluding carboxylic acids is 4. The van der Waals surface area contributed by atoms with Gasteiger partial charge in [0.25, 0.3) is 11.8 Å². The molecule has 3 aromatic heterocycles. The molecule has 30 heavy (non-hydrogen) atoms. The second-order valence-electron chi connectivity index (χ2n) is 5.59. The third kappa shape index (κ3) is 4.95. The average molecular weight is 447 g/mol. The van der Waals surface area contributed by atoms with Gasteiger partial charge in [-0.1, -0.05) is 8.98 Å². The molecule has 0 bridgehead atoms. The highest BCUT2D eigenvalue weighted by Crippen LogP contribution is 2.18. The number of rotatable bonds is 4. The SMILES string of the molecule is Cc1nnsc1C(=O)NC(=O)Nc1cccnc1NC(=O)NC(=O)c1snnc1C. The quantitative estimate of drug-likeness (QED) is 0.458. The smallest absolute Gasteiger partial charge is 0.304 e. The number of anilines is 2. The highest BCUT2D eigenvalue weighted by molar-refractivity contribution is 7.08. The maximum absolute atomic E-state index is 12.1. The molecule has 0 saturated carbocycles. The zero-order valence-electron chi connectivity index (χ0n) is 15.4. The second-order valence-corrected chi connectivity index (χ2v) is 7.10. The summed E-state index contributed by atoms with van der Waals surface area (Å²) in [6.07, 6.45) is 1.37. The van der Waals surface area contributed by atoms with Crippen molar-refractivity contribution in [2.24, 2.45) is 0 Å². The normalized spacial score (nSPS) is 10.2. The molecular formula is C15H13N9O4S2. The van der Waals surface area contributed by atoms with Crippen molar-refractivity contribution >= 4 is 58.4 Å². The predicted molar refractivity (Wildman–Crippen MR) is 106 cm³/mol. The molecule has 0 atom stereocenters. The van der Waals surface area contributed by atoms with Gasteiger partial charge in [-0.3, -0.25) is 25.5 Å². The third-order valence-electron chi connectivity index (χ3n) is 3.46. The molecule has 15 heteroatoms. The van der Waals surface area contributed by atoms with Gasteiger partial charge in [-0.25, -0.2) is 14.6 Å². The van der Waals surface area contributed by atoms with Crippen molar-refractivity contribution < 1.29 is 19.2 Å². The number of aryl methyl sites for hydroxylation is 2. The fraction of sp³-hybridized carbons (Fsp3) is 0.133. The summed E-state index contributed by atoms with van der Waals surface area (Å²) in [7, 11) is 0. The van der Waals surface area contributed by atoms with Gasteiger partial charge in [0.1, 0.15) is 9.75 Å². The lowest BCUT2D eigenvalue weighted by molar-refractivity contribution is 0.0960. The van der Waals surface area contributed by atoms with Crippen molar-refractivity contribution in [2.45, 2.75) is 13.8 Å².